The van der Waals surface area contributed by atoms with Gasteiger partial charge < -0.3 is 14.8 Å². The third-order valence-corrected chi connectivity index (χ3v) is 7.19. The minimum atomic E-state index is 0.360. The summed E-state index contributed by atoms with van der Waals surface area (Å²) in [6.45, 7) is 5.36. The van der Waals surface area contributed by atoms with Gasteiger partial charge in [-0.25, -0.2) is 4.98 Å². The van der Waals surface area contributed by atoms with E-state index in [1.807, 2.05) is 12.1 Å². The molecule has 1 aliphatic carbocycles. The number of carbonyl (C=O) groups is 1. The molecule has 6 nitrogen and oxygen atoms in total. The average Bonchev–Trinajstić information content (AvgIpc) is 3.06. The molecule has 0 bridgehead atoms. The molecule has 29 heavy (non-hydrogen) atoms. The highest BCUT2D eigenvalue weighted by atomic mass is 16.2. The number of benzene rings is 1. The number of aromatic amines is 1. The molecule has 2 unspecified atom stereocenters. The molecule has 6 heteroatoms. The predicted molar refractivity (Wildman–Crippen MR) is 116 cm³/mol. The van der Waals surface area contributed by atoms with Crippen LogP contribution in [0.25, 0.3) is 11.0 Å². The van der Waals surface area contributed by atoms with Crippen molar-refractivity contribution < 1.29 is 4.79 Å². The molecule has 3 fully saturated rings. The number of para-hydroxylation sites is 2. The van der Waals surface area contributed by atoms with E-state index in [-0.39, 0.29) is 0 Å². The molecule has 156 valence electrons. The molecule has 2 saturated heterocycles. The number of rotatable bonds is 3. The first-order valence-electron chi connectivity index (χ1n) is 11.5. The molecule has 1 aromatic heterocycles. The van der Waals surface area contributed by atoms with Crippen LogP contribution >= 0.6 is 0 Å². The number of nitrogens with one attached hydrogen (secondary N) is 1. The van der Waals surface area contributed by atoms with Crippen molar-refractivity contribution in [1.29, 1.82) is 0 Å². The lowest BCUT2D eigenvalue weighted by Crippen LogP contribution is -2.52. The van der Waals surface area contributed by atoms with Crippen LogP contribution in [0.1, 0.15) is 44.9 Å². The minimum Gasteiger partial charge on any atom is -0.341 e. The maximum atomic E-state index is 13.2. The van der Waals surface area contributed by atoms with Crippen LogP contribution < -0.4 is 4.90 Å². The molecule has 1 N–H and O–H groups in total. The Labute approximate surface area is 173 Å². The molecule has 0 spiro atoms. The smallest absolute Gasteiger partial charge is 0.237 e. The molecular formula is C23H33N5O. The number of hydrogen-bond acceptors (Lipinski definition) is 4. The Hall–Kier alpha value is -2.08. The molecule has 0 radical (unpaired) electrons. The number of hydrogen-bond donors (Lipinski definition) is 1. The van der Waals surface area contributed by atoms with Gasteiger partial charge >= 0.3 is 0 Å². The van der Waals surface area contributed by atoms with Crippen molar-refractivity contribution >= 4 is 22.9 Å². The summed E-state index contributed by atoms with van der Waals surface area (Å²) in [6.07, 6.45) is 8.77. The fourth-order valence-corrected chi connectivity index (χ4v) is 5.65. The minimum absolute atomic E-state index is 0.360. The third-order valence-electron chi connectivity index (χ3n) is 7.19. The summed E-state index contributed by atoms with van der Waals surface area (Å²) in [5.74, 6) is 2.08. The Bertz CT molecular complexity index is 814. The van der Waals surface area contributed by atoms with Crippen molar-refractivity contribution in [2.45, 2.75) is 51.0 Å². The number of imidazole rings is 1. The summed E-state index contributed by atoms with van der Waals surface area (Å²) in [7, 11) is 0. The summed E-state index contributed by atoms with van der Waals surface area (Å²) in [5.41, 5.74) is 2.11. The van der Waals surface area contributed by atoms with Crippen molar-refractivity contribution in [3.05, 3.63) is 24.3 Å². The Morgan fingerprint density at radius 2 is 1.83 bits per heavy atom. The second kappa shape index (κ2) is 8.34. The van der Waals surface area contributed by atoms with Crippen molar-refractivity contribution in [2.24, 2.45) is 5.92 Å². The summed E-state index contributed by atoms with van der Waals surface area (Å²) >= 11 is 0. The number of aromatic nitrogens is 2. The zero-order chi connectivity index (χ0) is 19.6. The lowest BCUT2D eigenvalue weighted by Gasteiger charge is -2.44. The fraction of sp³-hybridized carbons (Fsp3) is 0.652. The Kier molecular flexibility index (Phi) is 5.44. The van der Waals surface area contributed by atoms with E-state index >= 15 is 0 Å². The average molecular weight is 396 g/mol. The van der Waals surface area contributed by atoms with Gasteiger partial charge in [0.15, 0.2) is 0 Å². The molecular weight excluding hydrogens is 362 g/mol. The largest absolute Gasteiger partial charge is 0.341 e. The van der Waals surface area contributed by atoms with Gasteiger partial charge in [-0.2, -0.15) is 0 Å². The lowest BCUT2D eigenvalue weighted by molar-refractivity contribution is -0.138. The number of likely N-dealkylation sites (tertiary alicyclic amines) is 1. The van der Waals surface area contributed by atoms with Crippen LogP contribution in [0.2, 0.25) is 0 Å². The van der Waals surface area contributed by atoms with Gasteiger partial charge in [0.25, 0.3) is 0 Å². The summed E-state index contributed by atoms with van der Waals surface area (Å²) < 4.78 is 0. The van der Waals surface area contributed by atoms with Crippen molar-refractivity contribution in [3.63, 3.8) is 0 Å². The maximum Gasteiger partial charge on any atom is 0.237 e. The molecule has 3 heterocycles. The third kappa shape index (κ3) is 4.00. The number of piperidine rings is 1. The summed E-state index contributed by atoms with van der Waals surface area (Å²) in [4.78, 5) is 28.3. The van der Waals surface area contributed by atoms with Crippen LogP contribution in [0.15, 0.2) is 24.3 Å². The zero-order valence-electron chi connectivity index (χ0n) is 17.4. The standard InChI is InChI=1S/C23H33N5O/c29-22(28-14-5-8-18-7-1-4-11-21(18)28)17-26-12-6-13-27(16-15-26)23-24-19-9-2-3-10-20(19)25-23/h2-3,9-10,18,21H,1,4-8,11-17H2,(H,24,25). The number of fused-ring (bicyclic) bond motifs is 2. The molecule has 2 aliphatic heterocycles. The van der Waals surface area contributed by atoms with E-state index in [0.717, 1.165) is 62.0 Å². The maximum absolute atomic E-state index is 13.2. The first-order chi connectivity index (χ1) is 14.3. The van der Waals surface area contributed by atoms with Gasteiger partial charge in [-0.3, -0.25) is 9.69 Å². The highest BCUT2D eigenvalue weighted by Crippen LogP contribution is 2.35. The summed E-state index contributed by atoms with van der Waals surface area (Å²) in [6, 6.07) is 8.71. The van der Waals surface area contributed by atoms with Crippen LogP contribution in [0.5, 0.6) is 0 Å². The monoisotopic (exact) mass is 395 g/mol. The van der Waals surface area contributed by atoms with E-state index < -0.39 is 0 Å². The van der Waals surface area contributed by atoms with E-state index in [1.54, 1.807) is 0 Å². The first-order valence-corrected chi connectivity index (χ1v) is 11.5. The molecule has 2 atom stereocenters. The van der Waals surface area contributed by atoms with Crippen molar-refractivity contribution in [1.82, 2.24) is 19.8 Å². The van der Waals surface area contributed by atoms with Gasteiger partial charge in [-0.05, 0) is 50.2 Å². The second-order valence-corrected chi connectivity index (χ2v) is 9.04. The van der Waals surface area contributed by atoms with Crippen LogP contribution in [-0.2, 0) is 4.79 Å². The number of amides is 1. The van der Waals surface area contributed by atoms with Crippen LogP contribution in [0.4, 0.5) is 5.95 Å². The molecule has 2 aromatic rings. The van der Waals surface area contributed by atoms with E-state index in [1.165, 1.54) is 38.5 Å². The fourth-order valence-electron chi connectivity index (χ4n) is 5.65. The van der Waals surface area contributed by atoms with Gasteiger partial charge in [0.1, 0.15) is 0 Å². The lowest BCUT2D eigenvalue weighted by atomic mass is 9.78. The SMILES string of the molecule is O=C(CN1CCCN(c2nc3ccccc3[nH]2)CC1)N1CCCC2CCCCC21. The quantitative estimate of drug-likeness (QED) is 0.867. The Balaban J connectivity index is 1.20. The number of anilines is 1. The Morgan fingerprint density at radius 3 is 2.76 bits per heavy atom. The van der Waals surface area contributed by atoms with Gasteiger partial charge in [-0.15, -0.1) is 0 Å². The molecule has 5 rings (SSSR count). The predicted octanol–water partition coefficient (Wildman–Crippen LogP) is 3.26. The van der Waals surface area contributed by atoms with Crippen LogP contribution in [0.3, 0.4) is 0 Å². The molecule has 1 saturated carbocycles. The number of nitrogens with zero attached hydrogens (tertiary/aromatic N) is 4. The van der Waals surface area contributed by atoms with Crippen LogP contribution in [-0.4, -0.2) is 71.0 Å². The number of H-pyrrole nitrogens is 1. The van der Waals surface area contributed by atoms with Crippen LogP contribution in [0, 0.1) is 5.92 Å². The second-order valence-electron chi connectivity index (χ2n) is 9.04. The molecule has 3 aliphatic rings. The van der Waals surface area contributed by atoms with E-state index in [4.69, 9.17) is 4.98 Å². The van der Waals surface area contributed by atoms with Gasteiger partial charge in [-0.1, -0.05) is 25.0 Å². The highest BCUT2D eigenvalue weighted by molar-refractivity contribution is 5.79. The summed E-state index contributed by atoms with van der Waals surface area (Å²) in [5, 5.41) is 0. The van der Waals surface area contributed by atoms with E-state index in [2.05, 4.69) is 31.8 Å². The topological polar surface area (TPSA) is 55.5 Å². The van der Waals surface area contributed by atoms with Gasteiger partial charge in [0, 0.05) is 38.8 Å². The number of carbonyl (C=O) groups excluding carboxylic acids is 1. The first kappa shape index (κ1) is 18.9. The van der Waals surface area contributed by atoms with Gasteiger partial charge in [0.2, 0.25) is 11.9 Å². The Morgan fingerprint density at radius 1 is 0.966 bits per heavy atom. The van der Waals surface area contributed by atoms with Crippen molar-refractivity contribution in [3.8, 4) is 0 Å². The van der Waals surface area contributed by atoms with E-state index in [9.17, 15) is 4.79 Å². The van der Waals surface area contributed by atoms with Crippen molar-refractivity contribution in [2.75, 3.05) is 44.2 Å². The highest BCUT2D eigenvalue weighted by Gasteiger charge is 2.36. The normalized spacial score (nSPS) is 26.3. The zero-order valence-corrected chi connectivity index (χ0v) is 17.4. The van der Waals surface area contributed by atoms with E-state index in [0.29, 0.717) is 18.5 Å². The molecule has 1 aromatic carbocycles. The van der Waals surface area contributed by atoms with Gasteiger partial charge in [0.05, 0.1) is 17.6 Å². The molecule has 1 amide bonds.